The molecule has 1 rings (SSSR count). The lowest BCUT2D eigenvalue weighted by atomic mass is 10.2. The summed E-state index contributed by atoms with van der Waals surface area (Å²) in [4.78, 5) is 13.4. The zero-order chi connectivity index (χ0) is 11.8. The highest BCUT2D eigenvalue weighted by atomic mass is 16.4. The molecule has 0 aliphatic carbocycles. The minimum atomic E-state index is -1.22. The molecular formula is C12H10N2O2. The molecule has 2 N–H and O–H groups in total. The molecule has 0 radical (unpaired) electrons. The van der Waals surface area contributed by atoms with Crippen molar-refractivity contribution in [3.05, 3.63) is 53.9 Å². The van der Waals surface area contributed by atoms with Crippen LogP contribution in [-0.2, 0) is 4.79 Å². The average molecular weight is 214 g/mol. The second-order valence-corrected chi connectivity index (χ2v) is 2.87. The van der Waals surface area contributed by atoms with Gasteiger partial charge in [-0.25, -0.2) is 4.79 Å². The average Bonchev–Trinajstić information content (AvgIpc) is 2.75. The van der Waals surface area contributed by atoms with Crippen molar-refractivity contribution in [1.82, 2.24) is 4.98 Å². The number of aromatic nitrogens is 1. The van der Waals surface area contributed by atoms with Crippen molar-refractivity contribution < 1.29 is 9.90 Å². The van der Waals surface area contributed by atoms with Crippen molar-refractivity contribution in [2.75, 3.05) is 0 Å². The number of carboxylic acids is 1. The number of hydrogen-bond donors (Lipinski definition) is 2. The van der Waals surface area contributed by atoms with Crippen LogP contribution in [0.3, 0.4) is 0 Å². The molecule has 0 bridgehead atoms. The predicted molar refractivity (Wildman–Crippen MR) is 60.3 cm³/mol. The fraction of sp³-hybridized carbons (Fsp3) is 0. The van der Waals surface area contributed by atoms with Crippen molar-refractivity contribution in [3.63, 3.8) is 0 Å². The Kier molecular flexibility index (Phi) is 4.35. The van der Waals surface area contributed by atoms with Gasteiger partial charge in [0.1, 0.15) is 11.6 Å². The molecule has 1 aromatic heterocycles. The van der Waals surface area contributed by atoms with Gasteiger partial charge in [-0.2, -0.15) is 5.26 Å². The van der Waals surface area contributed by atoms with Gasteiger partial charge in [0.25, 0.3) is 0 Å². The molecule has 0 amide bonds. The summed E-state index contributed by atoms with van der Waals surface area (Å²) in [6.45, 7) is 0. The first-order valence-electron chi connectivity index (χ1n) is 4.56. The maximum atomic E-state index is 10.4. The molecule has 16 heavy (non-hydrogen) atoms. The number of allylic oxidation sites excluding steroid dienone is 4. The Morgan fingerprint density at radius 3 is 2.81 bits per heavy atom. The van der Waals surface area contributed by atoms with Crippen molar-refractivity contribution in [2.24, 2.45) is 0 Å². The minimum absolute atomic E-state index is 0.287. The Bertz CT molecular complexity index is 474. The summed E-state index contributed by atoms with van der Waals surface area (Å²) in [7, 11) is 0. The first-order chi connectivity index (χ1) is 7.74. The van der Waals surface area contributed by atoms with Crippen LogP contribution in [0.4, 0.5) is 0 Å². The van der Waals surface area contributed by atoms with Crippen molar-refractivity contribution in [3.8, 4) is 6.07 Å². The quantitative estimate of drug-likeness (QED) is 0.458. The van der Waals surface area contributed by atoms with E-state index in [4.69, 9.17) is 10.4 Å². The summed E-state index contributed by atoms with van der Waals surface area (Å²) in [6, 6.07) is 5.36. The van der Waals surface area contributed by atoms with Crippen LogP contribution >= 0.6 is 0 Å². The van der Waals surface area contributed by atoms with E-state index in [9.17, 15) is 4.79 Å². The maximum Gasteiger partial charge on any atom is 0.346 e. The molecule has 1 aromatic rings. The Hall–Kier alpha value is -2.54. The van der Waals surface area contributed by atoms with Crippen molar-refractivity contribution in [1.29, 1.82) is 5.26 Å². The molecule has 1 heterocycles. The van der Waals surface area contributed by atoms with Crippen molar-refractivity contribution >= 4 is 12.0 Å². The van der Waals surface area contributed by atoms with E-state index in [1.807, 2.05) is 24.4 Å². The molecule has 0 aromatic carbocycles. The lowest BCUT2D eigenvalue weighted by Crippen LogP contribution is -1.96. The molecule has 0 fully saturated rings. The smallest absolute Gasteiger partial charge is 0.346 e. The number of nitriles is 1. The summed E-state index contributed by atoms with van der Waals surface area (Å²) >= 11 is 0. The fourth-order valence-corrected chi connectivity index (χ4v) is 0.979. The number of H-pyrrole nitrogens is 1. The van der Waals surface area contributed by atoms with Crippen LogP contribution in [0.2, 0.25) is 0 Å². The lowest BCUT2D eigenvalue weighted by Gasteiger charge is -1.84. The summed E-state index contributed by atoms with van der Waals surface area (Å²) in [5.41, 5.74) is 0.664. The largest absolute Gasteiger partial charge is 0.477 e. The molecule has 4 nitrogen and oxygen atoms in total. The van der Waals surface area contributed by atoms with E-state index in [-0.39, 0.29) is 5.57 Å². The van der Waals surface area contributed by atoms with Crippen LogP contribution in [0.1, 0.15) is 5.69 Å². The molecule has 0 atom stereocenters. The fourth-order valence-electron chi connectivity index (χ4n) is 0.979. The highest BCUT2D eigenvalue weighted by molar-refractivity contribution is 5.91. The molecule has 0 aliphatic rings. The highest BCUT2D eigenvalue weighted by Crippen LogP contribution is 1.98. The van der Waals surface area contributed by atoms with E-state index in [0.717, 1.165) is 5.69 Å². The number of aliphatic carboxylic acids is 1. The van der Waals surface area contributed by atoms with Gasteiger partial charge >= 0.3 is 5.97 Å². The van der Waals surface area contributed by atoms with Gasteiger partial charge in [-0.3, -0.25) is 0 Å². The lowest BCUT2D eigenvalue weighted by molar-refractivity contribution is -0.132. The molecule has 0 spiro atoms. The van der Waals surface area contributed by atoms with Gasteiger partial charge in [-0.15, -0.1) is 0 Å². The van der Waals surface area contributed by atoms with E-state index in [0.29, 0.717) is 0 Å². The van der Waals surface area contributed by atoms with Gasteiger partial charge in [-0.05, 0) is 24.3 Å². The van der Waals surface area contributed by atoms with Crippen LogP contribution < -0.4 is 0 Å². The van der Waals surface area contributed by atoms with E-state index in [1.54, 1.807) is 18.2 Å². The Morgan fingerprint density at radius 1 is 1.44 bits per heavy atom. The van der Waals surface area contributed by atoms with E-state index >= 15 is 0 Å². The predicted octanol–water partition coefficient (Wildman–Crippen LogP) is 2.12. The Morgan fingerprint density at radius 2 is 2.25 bits per heavy atom. The third kappa shape index (κ3) is 3.68. The summed E-state index contributed by atoms with van der Waals surface area (Å²) in [6.07, 6.45) is 9.80. The monoisotopic (exact) mass is 214 g/mol. The zero-order valence-electron chi connectivity index (χ0n) is 8.42. The Labute approximate surface area is 92.8 Å². The summed E-state index contributed by atoms with van der Waals surface area (Å²) < 4.78 is 0. The molecule has 0 aliphatic heterocycles. The standard InChI is InChI=1S/C12H10N2O2/c13-9-10(12(15)16)5-2-1-3-6-11-7-4-8-14-11/h1-8,14H,(H,15,16)/b2-1+,6-3+,10-5+. The van der Waals surface area contributed by atoms with Gasteiger partial charge in [0, 0.05) is 11.9 Å². The van der Waals surface area contributed by atoms with Gasteiger partial charge in [0.2, 0.25) is 0 Å². The van der Waals surface area contributed by atoms with Crippen LogP contribution in [0.15, 0.2) is 48.2 Å². The van der Waals surface area contributed by atoms with Crippen molar-refractivity contribution in [2.45, 2.75) is 0 Å². The van der Waals surface area contributed by atoms with Gasteiger partial charge in [0.05, 0.1) is 0 Å². The first-order valence-corrected chi connectivity index (χ1v) is 4.56. The maximum absolute atomic E-state index is 10.4. The molecule has 0 unspecified atom stereocenters. The van der Waals surface area contributed by atoms with Gasteiger partial charge in [-0.1, -0.05) is 18.2 Å². The third-order valence-corrected chi connectivity index (χ3v) is 1.73. The second kappa shape index (κ2) is 6.04. The number of hydrogen-bond acceptors (Lipinski definition) is 2. The minimum Gasteiger partial charge on any atom is -0.477 e. The number of aromatic amines is 1. The van der Waals surface area contributed by atoms with Crippen LogP contribution in [0.5, 0.6) is 0 Å². The Balaban J connectivity index is 2.56. The summed E-state index contributed by atoms with van der Waals surface area (Å²) in [5.74, 6) is -1.22. The van der Waals surface area contributed by atoms with E-state index < -0.39 is 5.97 Å². The van der Waals surface area contributed by atoms with Gasteiger partial charge < -0.3 is 10.1 Å². The topological polar surface area (TPSA) is 76.9 Å². The molecular weight excluding hydrogens is 204 g/mol. The van der Waals surface area contributed by atoms with Crippen LogP contribution in [0.25, 0.3) is 6.08 Å². The molecule has 0 saturated heterocycles. The van der Waals surface area contributed by atoms with E-state index in [1.165, 1.54) is 12.2 Å². The first kappa shape index (κ1) is 11.5. The molecule has 80 valence electrons. The van der Waals surface area contributed by atoms with Crippen LogP contribution in [0, 0.1) is 11.3 Å². The number of nitrogens with zero attached hydrogens (tertiary/aromatic N) is 1. The normalized spacial score (nSPS) is 12.1. The number of carbonyl (C=O) groups is 1. The second-order valence-electron chi connectivity index (χ2n) is 2.87. The van der Waals surface area contributed by atoms with Crippen LogP contribution in [-0.4, -0.2) is 16.1 Å². The van der Waals surface area contributed by atoms with E-state index in [2.05, 4.69) is 4.98 Å². The SMILES string of the molecule is N#C\C(=C/C=C/C=C/c1ccc[nH]1)C(=O)O. The summed E-state index contributed by atoms with van der Waals surface area (Å²) in [5, 5.41) is 17.0. The van der Waals surface area contributed by atoms with Gasteiger partial charge in [0.15, 0.2) is 0 Å². The number of nitrogens with one attached hydrogen (secondary N) is 1. The molecule has 0 saturated carbocycles. The zero-order valence-corrected chi connectivity index (χ0v) is 8.42. The number of rotatable bonds is 4. The number of carboxylic acid groups (broad SMARTS) is 1. The third-order valence-electron chi connectivity index (χ3n) is 1.73. The molecule has 4 heteroatoms. The highest BCUT2D eigenvalue weighted by Gasteiger charge is 2.01.